The normalized spacial score (nSPS) is 13.9. The van der Waals surface area contributed by atoms with E-state index in [1.54, 1.807) is 0 Å². The van der Waals surface area contributed by atoms with Gasteiger partial charge in [-0.15, -0.1) is 13.2 Å². The number of ether oxygens (including phenoxy) is 2. The molecule has 0 bridgehead atoms. The van der Waals surface area contributed by atoms with Crippen LogP contribution in [0.5, 0.6) is 0 Å². The molecule has 0 saturated heterocycles. The molecule has 1 amide bonds. The standard InChI is InChI=1S/C21H10ClF13N2O5/c22-13-6-4-10(8-14(13)37(39)40)5-7-15(38)36-12-3-1-2-11(9-12)16(23,24)18(27,28)41-19(29,30)17(25,26)20(31,32)42-21(33,34)35/h1-9H,(H,36,38). The Morgan fingerprint density at radius 1 is 0.833 bits per heavy atom. The lowest BCUT2D eigenvalue weighted by Crippen LogP contribution is -2.61. The van der Waals surface area contributed by atoms with Crippen LogP contribution in [0, 0.1) is 10.1 Å². The van der Waals surface area contributed by atoms with Gasteiger partial charge in [-0.2, -0.15) is 43.9 Å². The summed E-state index contributed by atoms with van der Waals surface area (Å²) in [6.45, 7) is 0. The summed E-state index contributed by atoms with van der Waals surface area (Å²) in [5.41, 5.74) is -3.32. The second-order valence-electron chi connectivity index (χ2n) is 7.72. The van der Waals surface area contributed by atoms with E-state index in [1.165, 1.54) is 10.8 Å². The number of nitro groups is 1. The van der Waals surface area contributed by atoms with Crippen molar-refractivity contribution in [2.45, 2.75) is 36.5 Å². The second-order valence-corrected chi connectivity index (χ2v) is 8.13. The number of nitrogens with one attached hydrogen (secondary N) is 1. The Bertz CT molecular complexity index is 1370. The molecule has 0 unspecified atom stereocenters. The third-order valence-electron chi connectivity index (χ3n) is 4.68. The molecule has 0 fully saturated rings. The Morgan fingerprint density at radius 3 is 1.95 bits per heavy atom. The molecule has 7 nitrogen and oxygen atoms in total. The number of alkyl halides is 13. The molecular formula is C21H10ClF13N2O5. The van der Waals surface area contributed by atoms with Gasteiger partial charge >= 0.3 is 36.5 Å². The summed E-state index contributed by atoms with van der Waals surface area (Å²) in [5.74, 6) is -14.8. The molecule has 0 saturated carbocycles. The molecule has 2 aromatic carbocycles. The van der Waals surface area contributed by atoms with Crippen LogP contribution in [0.15, 0.2) is 48.5 Å². The van der Waals surface area contributed by atoms with Crippen molar-refractivity contribution in [2.75, 3.05) is 5.32 Å². The summed E-state index contributed by atoms with van der Waals surface area (Å²) in [7, 11) is 0. The lowest BCUT2D eigenvalue weighted by molar-refractivity contribution is -0.535. The quantitative estimate of drug-likeness (QED) is 0.115. The van der Waals surface area contributed by atoms with E-state index in [0.717, 1.165) is 24.3 Å². The van der Waals surface area contributed by atoms with Gasteiger partial charge in [0, 0.05) is 23.4 Å². The van der Waals surface area contributed by atoms with Gasteiger partial charge in [0.25, 0.3) is 5.69 Å². The van der Waals surface area contributed by atoms with Crippen LogP contribution in [0.1, 0.15) is 11.1 Å². The van der Waals surface area contributed by atoms with E-state index in [4.69, 9.17) is 11.6 Å². The van der Waals surface area contributed by atoms with E-state index in [-0.39, 0.29) is 22.7 Å². The number of nitrogens with zero attached hydrogens (tertiary/aromatic N) is 1. The molecular weight excluding hydrogens is 643 g/mol. The smallest absolute Gasteiger partial charge is 0.322 e. The molecule has 2 rings (SSSR count). The van der Waals surface area contributed by atoms with Crippen molar-refractivity contribution < 1.29 is 76.3 Å². The fourth-order valence-electron chi connectivity index (χ4n) is 2.76. The van der Waals surface area contributed by atoms with E-state index in [0.29, 0.717) is 12.1 Å². The first-order valence-electron chi connectivity index (χ1n) is 10.2. The van der Waals surface area contributed by atoms with Gasteiger partial charge in [0.2, 0.25) is 5.91 Å². The number of carbonyl (C=O) groups excluding carboxylic acids is 1. The first-order chi connectivity index (χ1) is 18.8. The molecule has 0 spiro atoms. The Kier molecular flexibility index (Phi) is 9.51. The predicted molar refractivity (Wildman–Crippen MR) is 114 cm³/mol. The van der Waals surface area contributed by atoms with Gasteiger partial charge < -0.3 is 5.32 Å². The van der Waals surface area contributed by atoms with Crippen LogP contribution in [-0.2, 0) is 20.2 Å². The minimum absolute atomic E-state index is 0.00615. The van der Waals surface area contributed by atoms with Crippen molar-refractivity contribution in [1.29, 1.82) is 0 Å². The monoisotopic (exact) mass is 652 g/mol. The molecule has 0 aliphatic carbocycles. The summed E-state index contributed by atoms with van der Waals surface area (Å²) < 4.78 is 176. The molecule has 232 valence electrons. The third kappa shape index (κ3) is 7.59. The highest BCUT2D eigenvalue weighted by molar-refractivity contribution is 6.32. The van der Waals surface area contributed by atoms with Crippen LogP contribution in [0.3, 0.4) is 0 Å². The maximum atomic E-state index is 14.4. The zero-order valence-electron chi connectivity index (χ0n) is 19.5. The number of benzene rings is 2. The molecule has 1 N–H and O–H groups in total. The molecule has 21 heteroatoms. The van der Waals surface area contributed by atoms with E-state index >= 15 is 0 Å². The number of hydrogen-bond donors (Lipinski definition) is 1. The number of carbonyl (C=O) groups is 1. The summed E-state index contributed by atoms with van der Waals surface area (Å²) >= 11 is 5.62. The number of anilines is 1. The Balaban J connectivity index is 2.28. The Labute approximate surface area is 228 Å². The predicted octanol–water partition coefficient (Wildman–Crippen LogP) is 7.96. The molecule has 2 aromatic rings. The number of halogens is 14. The first-order valence-corrected chi connectivity index (χ1v) is 10.6. The van der Waals surface area contributed by atoms with Crippen molar-refractivity contribution in [3.63, 3.8) is 0 Å². The summed E-state index contributed by atoms with van der Waals surface area (Å²) in [5, 5.41) is 12.5. The topological polar surface area (TPSA) is 90.7 Å². The highest BCUT2D eigenvalue weighted by atomic mass is 35.5. The molecule has 0 aromatic heterocycles. The van der Waals surface area contributed by atoms with Crippen molar-refractivity contribution in [3.05, 3.63) is 74.8 Å². The van der Waals surface area contributed by atoms with Gasteiger partial charge in [-0.25, -0.2) is 9.47 Å². The zero-order chi connectivity index (χ0) is 32.5. The van der Waals surface area contributed by atoms with E-state index in [2.05, 4.69) is 0 Å². The number of amides is 1. The minimum Gasteiger partial charge on any atom is -0.322 e. The molecule has 42 heavy (non-hydrogen) atoms. The second kappa shape index (κ2) is 11.6. The van der Waals surface area contributed by atoms with E-state index in [9.17, 15) is 72.0 Å². The van der Waals surface area contributed by atoms with Crippen LogP contribution in [0.25, 0.3) is 6.08 Å². The molecule has 0 atom stereocenters. The van der Waals surface area contributed by atoms with Crippen LogP contribution in [0.4, 0.5) is 68.5 Å². The van der Waals surface area contributed by atoms with Gasteiger partial charge in [-0.05, 0) is 29.8 Å². The van der Waals surface area contributed by atoms with Crippen LogP contribution >= 0.6 is 11.6 Å². The van der Waals surface area contributed by atoms with E-state index < -0.39 is 64.3 Å². The van der Waals surface area contributed by atoms with E-state index in [1.807, 2.05) is 10.1 Å². The van der Waals surface area contributed by atoms with Crippen molar-refractivity contribution >= 4 is 35.0 Å². The van der Waals surface area contributed by atoms with Gasteiger partial charge in [-0.3, -0.25) is 14.9 Å². The lowest BCUT2D eigenvalue weighted by Gasteiger charge is -2.35. The summed E-state index contributed by atoms with van der Waals surface area (Å²) in [6, 6.07) is 4.59. The summed E-state index contributed by atoms with van der Waals surface area (Å²) in [6.07, 6.45) is -26.5. The molecule has 0 aliphatic heterocycles. The Morgan fingerprint density at radius 2 is 1.40 bits per heavy atom. The molecule has 0 radical (unpaired) electrons. The zero-order valence-corrected chi connectivity index (χ0v) is 20.2. The fourth-order valence-corrected chi connectivity index (χ4v) is 2.94. The van der Waals surface area contributed by atoms with Crippen LogP contribution in [0.2, 0.25) is 5.02 Å². The van der Waals surface area contributed by atoms with Crippen molar-refractivity contribution in [1.82, 2.24) is 0 Å². The minimum atomic E-state index is -7.57. The SMILES string of the molecule is O=C(C=Cc1ccc(Cl)c([N+](=O)[O-])c1)Nc1cccc(C(F)(F)C(F)(F)OC(F)(F)C(F)(F)C(F)(F)OC(F)(F)F)c1. The maximum absolute atomic E-state index is 14.4. The highest BCUT2D eigenvalue weighted by Crippen LogP contribution is 2.54. The highest BCUT2D eigenvalue weighted by Gasteiger charge is 2.80. The number of hydrogen-bond acceptors (Lipinski definition) is 5. The largest absolute Gasteiger partial charge is 0.527 e. The molecule has 0 aliphatic rings. The maximum Gasteiger partial charge on any atom is 0.527 e. The van der Waals surface area contributed by atoms with Gasteiger partial charge in [0.05, 0.1) is 4.92 Å². The number of rotatable bonds is 11. The average Bonchev–Trinajstić information content (AvgIpc) is 2.81. The lowest BCUT2D eigenvalue weighted by atomic mass is 10.1. The Hall–Kier alpha value is -3.65. The molecule has 0 heterocycles. The van der Waals surface area contributed by atoms with Crippen LogP contribution < -0.4 is 5.32 Å². The van der Waals surface area contributed by atoms with Gasteiger partial charge in [0.15, 0.2) is 0 Å². The van der Waals surface area contributed by atoms with Crippen molar-refractivity contribution in [2.24, 2.45) is 0 Å². The number of nitro benzene ring substituents is 1. The van der Waals surface area contributed by atoms with Gasteiger partial charge in [-0.1, -0.05) is 29.8 Å². The first kappa shape index (κ1) is 34.6. The average molecular weight is 653 g/mol. The van der Waals surface area contributed by atoms with Gasteiger partial charge in [0.1, 0.15) is 5.02 Å². The summed E-state index contributed by atoms with van der Waals surface area (Å²) in [4.78, 5) is 22.1. The fraction of sp³-hybridized carbons (Fsp3) is 0.286. The van der Waals surface area contributed by atoms with Crippen LogP contribution in [-0.4, -0.2) is 41.4 Å². The third-order valence-corrected chi connectivity index (χ3v) is 5.00. The van der Waals surface area contributed by atoms with Crippen molar-refractivity contribution in [3.8, 4) is 0 Å².